The molecule has 0 radical (unpaired) electrons. The van der Waals surface area contributed by atoms with Crippen LogP contribution in [-0.2, 0) is 6.42 Å². The summed E-state index contributed by atoms with van der Waals surface area (Å²) in [5.74, 6) is 7.08. The monoisotopic (exact) mass is 236 g/mol. The number of rotatable bonds is 3. The molecule has 0 aromatic heterocycles. The lowest BCUT2D eigenvalue weighted by Crippen LogP contribution is -1.93. The average molecular weight is 237 g/mol. The molecule has 0 aliphatic carbocycles. The topological polar surface area (TPSA) is 9.23 Å². The lowest BCUT2D eigenvalue weighted by Gasteiger charge is -2.09. The first-order valence-corrected chi connectivity index (χ1v) is 5.85. The molecule has 1 aromatic carbocycles. The van der Waals surface area contributed by atoms with E-state index in [4.69, 9.17) is 16.3 Å². The number of halogens is 1. The van der Waals surface area contributed by atoms with Crippen molar-refractivity contribution in [3.05, 3.63) is 28.3 Å². The lowest BCUT2D eigenvalue weighted by molar-refractivity contribution is 0.409. The summed E-state index contributed by atoms with van der Waals surface area (Å²) in [4.78, 5) is 0. The zero-order valence-corrected chi connectivity index (χ0v) is 10.8. The van der Waals surface area contributed by atoms with Crippen molar-refractivity contribution in [3.63, 3.8) is 0 Å². The number of ether oxygens (including phenoxy) is 1. The van der Waals surface area contributed by atoms with E-state index >= 15 is 0 Å². The molecule has 1 aromatic rings. The highest BCUT2D eigenvalue weighted by molar-refractivity contribution is 6.31. The van der Waals surface area contributed by atoms with E-state index in [0.717, 1.165) is 41.2 Å². The molecule has 2 heteroatoms. The van der Waals surface area contributed by atoms with Gasteiger partial charge < -0.3 is 4.74 Å². The molecule has 0 saturated heterocycles. The van der Waals surface area contributed by atoms with Gasteiger partial charge in [-0.1, -0.05) is 18.5 Å². The summed E-state index contributed by atoms with van der Waals surface area (Å²) in [6, 6.07) is 3.95. The quantitative estimate of drug-likeness (QED) is 0.721. The molecule has 0 spiro atoms. The fourth-order valence-corrected chi connectivity index (χ4v) is 1.68. The maximum atomic E-state index is 6.09. The van der Waals surface area contributed by atoms with E-state index in [1.807, 2.05) is 19.1 Å². The van der Waals surface area contributed by atoms with Crippen LogP contribution in [0.2, 0.25) is 5.02 Å². The molecule has 0 N–H and O–H groups in total. The van der Waals surface area contributed by atoms with Crippen LogP contribution in [0.4, 0.5) is 0 Å². The molecule has 0 heterocycles. The Hall–Kier alpha value is -1.13. The first-order valence-electron chi connectivity index (χ1n) is 5.47. The van der Waals surface area contributed by atoms with E-state index < -0.39 is 0 Å². The van der Waals surface area contributed by atoms with Gasteiger partial charge in [0, 0.05) is 17.9 Å². The Morgan fingerprint density at radius 2 is 2.06 bits per heavy atom. The number of methoxy groups -OCH3 is 1. The fraction of sp³-hybridized carbons (Fsp3) is 0.429. The molecule has 0 aliphatic rings. The Bertz CT molecular complexity index is 413. The third-order valence-corrected chi connectivity index (χ3v) is 2.79. The van der Waals surface area contributed by atoms with Crippen LogP contribution in [0.5, 0.6) is 5.75 Å². The molecule has 86 valence electrons. The van der Waals surface area contributed by atoms with Crippen molar-refractivity contribution in [2.24, 2.45) is 0 Å². The van der Waals surface area contributed by atoms with Crippen LogP contribution in [0.15, 0.2) is 12.1 Å². The highest BCUT2D eigenvalue weighted by atomic mass is 35.5. The van der Waals surface area contributed by atoms with Crippen molar-refractivity contribution in [2.75, 3.05) is 7.11 Å². The second kappa shape index (κ2) is 6.45. The van der Waals surface area contributed by atoms with Crippen LogP contribution in [0.3, 0.4) is 0 Å². The van der Waals surface area contributed by atoms with Crippen molar-refractivity contribution in [1.29, 1.82) is 0 Å². The van der Waals surface area contributed by atoms with Gasteiger partial charge in [-0.05, 0) is 36.6 Å². The standard InChI is InChI=1S/C14H17ClO/c1-4-5-6-7-8-12-10-13(15)11(2)9-14(12)16-3/h9-10H,4,7-8H2,1-3H3. The summed E-state index contributed by atoms with van der Waals surface area (Å²) in [5.41, 5.74) is 2.17. The molecule has 0 aliphatic heterocycles. The third-order valence-electron chi connectivity index (χ3n) is 2.38. The van der Waals surface area contributed by atoms with Crippen molar-refractivity contribution in [2.45, 2.75) is 33.1 Å². The van der Waals surface area contributed by atoms with Gasteiger partial charge >= 0.3 is 0 Å². The van der Waals surface area contributed by atoms with Gasteiger partial charge in [0.05, 0.1) is 7.11 Å². The van der Waals surface area contributed by atoms with Crippen molar-refractivity contribution >= 4 is 11.6 Å². The van der Waals surface area contributed by atoms with Gasteiger partial charge in [-0.15, -0.1) is 11.8 Å². The first kappa shape index (κ1) is 12.9. The predicted molar refractivity (Wildman–Crippen MR) is 69.1 cm³/mol. The SMILES string of the molecule is CCC#CCCc1cc(Cl)c(C)cc1OC. The maximum absolute atomic E-state index is 6.09. The van der Waals surface area contributed by atoms with Crippen molar-refractivity contribution in [3.8, 4) is 17.6 Å². The molecule has 0 fully saturated rings. The molecule has 0 bridgehead atoms. The Balaban J connectivity index is 2.81. The van der Waals surface area contributed by atoms with E-state index in [-0.39, 0.29) is 0 Å². The fourth-order valence-electron chi connectivity index (χ4n) is 1.49. The largest absolute Gasteiger partial charge is 0.496 e. The van der Waals surface area contributed by atoms with Crippen LogP contribution >= 0.6 is 11.6 Å². The molecule has 16 heavy (non-hydrogen) atoms. The van der Waals surface area contributed by atoms with Gasteiger partial charge in [0.25, 0.3) is 0 Å². The minimum absolute atomic E-state index is 0.791. The Labute approximate surface area is 103 Å². The average Bonchev–Trinajstić information content (AvgIpc) is 2.28. The lowest BCUT2D eigenvalue weighted by atomic mass is 10.1. The summed E-state index contributed by atoms with van der Waals surface area (Å²) < 4.78 is 5.33. The summed E-state index contributed by atoms with van der Waals surface area (Å²) in [5, 5.41) is 0.791. The number of hydrogen-bond acceptors (Lipinski definition) is 1. The van der Waals surface area contributed by atoms with Gasteiger partial charge in [0.15, 0.2) is 0 Å². The second-order valence-corrected chi connectivity index (χ2v) is 4.03. The van der Waals surface area contributed by atoms with Gasteiger partial charge in [-0.2, -0.15) is 0 Å². The molecule has 0 amide bonds. The highest BCUT2D eigenvalue weighted by Gasteiger charge is 2.05. The van der Waals surface area contributed by atoms with E-state index in [1.54, 1.807) is 7.11 Å². The second-order valence-electron chi connectivity index (χ2n) is 3.62. The van der Waals surface area contributed by atoms with Gasteiger partial charge in [-0.25, -0.2) is 0 Å². The van der Waals surface area contributed by atoms with Gasteiger partial charge in [-0.3, -0.25) is 0 Å². The summed E-state index contributed by atoms with van der Waals surface area (Å²) >= 11 is 6.09. The molecule has 1 nitrogen and oxygen atoms in total. The van der Waals surface area contributed by atoms with Crippen LogP contribution in [0, 0.1) is 18.8 Å². The molecular weight excluding hydrogens is 220 g/mol. The molecule has 0 atom stereocenters. The van der Waals surface area contributed by atoms with Crippen LogP contribution in [0.1, 0.15) is 30.9 Å². The van der Waals surface area contributed by atoms with Crippen molar-refractivity contribution < 1.29 is 4.74 Å². The molecule has 0 saturated carbocycles. The number of hydrogen-bond donors (Lipinski definition) is 0. The Kier molecular flexibility index (Phi) is 5.22. The van der Waals surface area contributed by atoms with Crippen molar-refractivity contribution in [1.82, 2.24) is 0 Å². The molecule has 1 rings (SSSR count). The number of aryl methyl sites for hydroxylation is 2. The summed E-state index contributed by atoms with van der Waals surface area (Å²) in [7, 11) is 1.68. The van der Waals surface area contributed by atoms with E-state index in [2.05, 4.69) is 18.8 Å². The van der Waals surface area contributed by atoms with Gasteiger partial charge in [0.1, 0.15) is 5.75 Å². The normalized spacial score (nSPS) is 9.50. The zero-order chi connectivity index (χ0) is 12.0. The van der Waals surface area contributed by atoms with E-state index in [1.165, 1.54) is 0 Å². The molecular formula is C14H17ClO. The maximum Gasteiger partial charge on any atom is 0.122 e. The predicted octanol–water partition coefficient (Wildman–Crippen LogP) is 4.00. The summed E-state index contributed by atoms with van der Waals surface area (Å²) in [6.45, 7) is 4.03. The van der Waals surface area contributed by atoms with Crippen LogP contribution < -0.4 is 4.74 Å². The first-order chi connectivity index (χ1) is 7.69. The smallest absolute Gasteiger partial charge is 0.122 e. The zero-order valence-electron chi connectivity index (χ0n) is 10.1. The Morgan fingerprint density at radius 1 is 1.31 bits per heavy atom. The Morgan fingerprint density at radius 3 is 2.69 bits per heavy atom. The highest BCUT2D eigenvalue weighted by Crippen LogP contribution is 2.27. The van der Waals surface area contributed by atoms with Gasteiger partial charge in [0.2, 0.25) is 0 Å². The van der Waals surface area contributed by atoms with Crippen LogP contribution in [0.25, 0.3) is 0 Å². The summed E-state index contributed by atoms with van der Waals surface area (Å²) in [6.07, 6.45) is 2.64. The van der Waals surface area contributed by atoms with E-state index in [9.17, 15) is 0 Å². The minimum Gasteiger partial charge on any atom is -0.496 e. The molecule has 0 unspecified atom stereocenters. The number of benzene rings is 1. The van der Waals surface area contributed by atoms with E-state index in [0.29, 0.717) is 0 Å². The third kappa shape index (κ3) is 3.47. The van der Waals surface area contributed by atoms with Crippen LogP contribution in [-0.4, -0.2) is 7.11 Å². The minimum atomic E-state index is 0.791.